The molecule has 1 aliphatic rings. The molecule has 3 rings (SSSR count). The molecule has 1 atom stereocenters. The first kappa shape index (κ1) is 19.8. The molecule has 1 N–H and O–H groups in total. The van der Waals surface area contributed by atoms with Crippen molar-refractivity contribution >= 4 is 22.4 Å². The number of thiazole rings is 1. The maximum Gasteiger partial charge on any atom is 0.234 e. The molecule has 146 valence electrons. The van der Waals surface area contributed by atoms with Gasteiger partial charge in [-0.25, -0.2) is 4.98 Å². The maximum absolute atomic E-state index is 12.4. The molecule has 0 aliphatic carbocycles. The molecular weight excluding hydrogens is 356 g/mol. The van der Waals surface area contributed by atoms with Crippen LogP contribution in [-0.2, 0) is 11.2 Å². The summed E-state index contributed by atoms with van der Waals surface area (Å²) in [5.74, 6) is 0.750. The molecular formula is C21H30N4OS. The summed E-state index contributed by atoms with van der Waals surface area (Å²) in [6.07, 6.45) is 2.94. The van der Waals surface area contributed by atoms with E-state index in [-0.39, 0.29) is 11.9 Å². The van der Waals surface area contributed by atoms with Crippen LogP contribution in [0.15, 0.2) is 35.8 Å². The van der Waals surface area contributed by atoms with Gasteiger partial charge in [0.15, 0.2) is 5.13 Å². The SMILES string of the molecule is CC(C)Cc1ccc(C(C)NC(=O)CN2CCN(c3nccs3)CC2)cc1. The molecule has 2 aromatic rings. The molecule has 0 radical (unpaired) electrons. The number of nitrogens with zero attached hydrogens (tertiary/aromatic N) is 3. The standard InChI is InChI=1S/C21H30N4OS/c1-16(2)14-18-4-6-19(7-5-18)17(3)23-20(26)15-24-9-11-25(12-10-24)21-22-8-13-27-21/h4-8,13,16-17H,9-12,14-15H2,1-3H3,(H,23,26). The molecule has 27 heavy (non-hydrogen) atoms. The lowest BCUT2D eigenvalue weighted by atomic mass is 10.00. The molecule has 5 nitrogen and oxygen atoms in total. The van der Waals surface area contributed by atoms with Crippen molar-refractivity contribution in [1.29, 1.82) is 0 Å². The van der Waals surface area contributed by atoms with Crippen LogP contribution >= 0.6 is 11.3 Å². The third kappa shape index (κ3) is 5.78. The number of carbonyl (C=O) groups excluding carboxylic acids is 1. The van der Waals surface area contributed by atoms with E-state index in [4.69, 9.17) is 0 Å². The molecule has 1 aromatic heterocycles. The zero-order valence-corrected chi connectivity index (χ0v) is 17.3. The van der Waals surface area contributed by atoms with Gasteiger partial charge in [0, 0.05) is 37.8 Å². The second-order valence-electron chi connectivity index (χ2n) is 7.71. The molecule has 1 unspecified atom stereocenters. The van der Waals surface area contributed by atoms with Gasteiger partial charge in [0.1, 0.15) is 0 Å². The van der Waals surface area contributed by atoms with E-state index in [1.165, 1.54) is 5.56 Å². The number of carbonyl (C=O) groups is 1. The van der Waals surface area contributed by atoms with Gasteiger partial charge >= 0.3 is 0 Å². The summed E-state index contributed by atoms with van der Waals surface area (Å²) in [4.78, 5) is 21.3. The van der Waals surface area contributed by atoms with Crippen molar-refractivity contribution in [3.05, 3.63) is 47.0 Å². The first-order valence-corrected chi connectivity index (χ1v) is 10.6. The molecule has 0 saturated carbocycles. The van der Waals surface area contributed by atoms with Crippen molar-refractivity contribution in [2.75, 3.05) is 37.6 Å². The maximum atomic E-state index is 12.4. The zero-order chi connectivity index (χ0) is 19.2. The molecule has 0 bridgehead atoms. The normalized spacial score (nSPS) is 16.5. The smallest absolute Gasteiger partial charge is 0.234 e. The Morgan fingerprint density at radius 3 is 2.44 bits per heavy atom. The van der Waals surface area contributed by atoms with Gasteiger partial charge in [-0.3, -0.25) is 9.69 Å². The first-order chi connectivity index (χ1) is 13.0. The highest BCUT2D eigenvalue weighted by atomic mass is 32.1. The Bertz CT molecular complexity index is 706. The zero-order valence-electron chi connectivity index (χ0n) is 16.5. The van der Waals surface area contributed by atoms with E-state index in [2.05, 4.69) is 65.1 Å². The van der Waals surface area contributed by atoms with E-state index in [1.807, 2.05) is 11.6 Å². The Labute approximate surface area is 166 Å². The van der Waals surface area contributed by atoms with E-state index in [0.717, 1.165) is 43.3 Å². The van der Waals surface area contributed by atoms with Gasteiger partial charge in [0.2, 0.25) is 5.91 Å². The van der Waals surface area contributed by atoms with Gasteiger partial charge in [-0.15, -0.1) is 11.3 Å². The van der Waals surface area contributed by atoms with Gasteiger partial charge in [-0.2, -0.15) is 0 Å². The van der Waals surface area contributed by atoms with Crippen LogP contribution in [0.5, 0.6) is 0 Å². The van der Waals surface area contributed by atoms with Gasteiger partial charge in [-0.05, 0) is 30.4 Å². The minimum Gasteiger partial charge on any atom is -0.348 e. The number of hydrogen-bond acceptors (Lipinski definition) is 5. The number of piperazine rings is 1. The summed E-state index contributed by atoms with van der Waals surface area (Å²) < 4.78 is 0. The average molecular weight is 387 g/mol. The van der Waals surface area contributed by atoms with Crippen LogP contribution in [0.3, 0.4) is 0 Å². The van der Waals surface area contributed by atoms with E-state index in [0.29, 0.717) is 12.5 Å². The lowest BCUT2D eigenvalue weighted by molar-refractivity contribution is -0.123. The molecule has 2 heterocycles. The Kier molecular flexibility index (Phi) is 6.85. The number of benzene rings is 1. The van der Waals surface area contributed by atoms with Crippen LogP contribution in [0, 0.1) is 5.92 Å². The molecule has 6 heteroatoms. The van der Waals surface area contributed by atoms with Crippen LogP contribution in [0.1, 0.15) is 37.9 Å². The Balaban J connectivity index is 1.43. The number of aromatic nitrogens is 1. The van der Waals surface area contributed by atoms with Crippen LogP contribution in [-0.4, -0.2) is 48.5 Å². The number of anilines is 1. The quantitative estimate of drug-likeness (QED) is 0.793. The second kappa shape index (κ2) is 9.33. The summed E-state index contributed by atoms with van der Waals surface area (Å²) in [5.41, 5.74) is 2.51. The predicted octanol–water partition coefficient (Wildman–Crippen LogP) is 3.34. The molecule has 1 saturated heterocycles. The van der Waals surface area contributed by atoms with Crippen LogP contribution in [0.2, 0.25) is 0 Å². The highest BCUT2D eigenvalue weighted by Crippen LogP contribution is 2.19. The summed E-state index contributed by atoms with van der Waals surface area (Å²) in [5, 5.41) is 6.22. The molecule has 0 spiro atoms. The monoisotopic (exact) mass is 386 g/mol. The highest BCUT2D eigenvalue weighted by molar-refractivity contribution is 7.13. The van der Waals surface area contributed by atoms with E-state index in [9.17, 15) is 4.79 Å². The molecule has 1 amide bonds. The first-order valence-electron chi connectivity index (χ1n) is 9.76. The Morgan fingerprint density at radius 1 is 1.15 bits per heavy atom. The fourth-order valence-electron chi connectivity index (χ4n) is 3.46. The van der Waals surface area contributed by atoms with Crippen LogP contribution in [0.4, 0.5) is 5.13 Å². The van der Waals surface area contributed by atoms with Gasteiger partial charge in [0.25, 0.3) is 0 Å². The third-order valence-corrected chi connectivity index (χ3v) is 5.76. The van der Waals surface area contributed by atoms with Crippen molar-refractivity contribution < 1.29 is 4.79 Å². The summed E-state index contributed by atoms with van der Waals surface area (Å²) >= 11 is 1.67. The topological polar surface area (TPSA) is 48.5 Å². The minimum absolute atomic E-state index is 0.0298. The fourth-order valence-corrected chi connectivity index (χ4v) is 4.15. The molecule has 1 fully saturated rings. The van der Waals surface area contributed by atoms with Crippen molar-refractivity contribution in [3.8, 4) is 0 Å². The van der Waals surface area contributed by atoms with E-state index < -0.39 is 0 Å². The number of amides is 1. The summed E-state index contributed by atoms with van der Waals surface area (Å²) in [7, 11) is 0. The van der Waals surface area contributed by atoms with Crippen molar-refractivity contribution in [2.24, 2.45) is 5.92 Å². The third-order valence-electron chi connectivity index (χ3n) is 4.93. The van der Waals surface area contributed by atoms with Gasteiger partial charge in [-0.1, -0.05) is 38.1 Å². The summed E-state index contributed by atoms with van der Waals surface area (Å²) in [6.45, 7) is 10.6. The number of nitrogens with one attached hydrogen (secondary N) is 1. The lowest BCUT2D eigenvalue weighted by Gasteiger charge is -2.34. The van der Waals surface area contributed by atoms with Crippen LogP contribution < -0.4 is 10.2 Å². The Morgan fingerprint density at radius 2 is 1.85 bits per heavy atom. The van der Waals surface area contributed by atoms with Crippen molar-refractivity contribution in [2.45, 2.75) is 33.2 Å². The molecule has 1 aliphatic heterocycles. The highest BCUT2D eigenvalue weighted by Gasteiger charge is 2.21. The predicted molar refractivity (Wildman–Crippen MR) is 112 cm³/mol. The molecule has 1 aromatic carbocycles. The van der Waals surface area contributed by atoms with E-state index in [1.54, 1.807) is 11.3 Å². The van der Waals surface area contributed by atoms with Crippen molar-refractivity contribution in [1.82, 2.24) is 15.2 Å². The number of rotatable bonds is 7. The van der Waals surface area contributed by atoms with Crippen molar-refractivity contribution in [3.63, 3.8) is 0 Å². The average Bonchev–Trinajstić information content (AvgIpc) is 3.17. The van der Waals surface area contributed by atoms with Gasteiger partial charge < -0.3 is 10.2 Å². The largest absolute Gasteiger partial charge is 0.348 e. The number of hydrogen-bond donors (Lipinski definition) is 1. The van der Waals surface area contributed by atoms with Crippen LogP contribution in [0.25, 0.3) is 0 Å². The summed E-state index contributed by atoms with van der Waals surface area (Å²) in [6, 6.07) is 8.65. The van der Waals surface area contributed by atoms with Gasteiger partial charge in [0.05, 0.1) is 12.6 Å². The Hall–Kier alpha value is -1.92. The second-order valence-corrected chi connectivity index (χ2v) is 8.58. The lowest BCUT2D eigenvalue weighted by Crippen LogP contribution is -2.49. The fraction of sp³-hybridized carbons (Fsp3) is 0.524. The minimum atomic E-state index is 0.0298. The van der Waals surface area contributed by atoms with E-state index >= 15 is 0 Å².